The van der Waals surface area contributed by atoms with Crippen LogP contribution in [-0.4, -0.2) is 74.2 Å². The van der Waals surface area contributed by atoms with Gasteiger partial charge in [0.25, 0.3) is 0 Å². The summed E-state index contributed by atoms with van der Waals surface area (Å²) < 4.78 is 5.22. The minimum absolute atomic E-state index is 0. The molecule has 0 saturated carbocycles. The van der Waals surface area contributed by atoms with Crippen molar-refractivity contribution in [3.63, 3.8) is 0 Å². The van der Waals surface area contributed by atoms with Gasteiger partial charge in [0.1, 0.15) is 0 Å². The molecule has 2 fully saturated rings. The number of hydrogen-bond acceptors (Lipinski definition) is 4. The van der Waals surface area contributed by atoms with E-state index in [0.717, 1.165) is 39.4 Å². The molecule has 0 atom stereocenters. The maximum absolute atomic E-state index is 11.6. The molecule has 1 amide bonds. The maximum atomic E-state index is 11.6. The fraction of sp³-hybridized carbons (Fsp3) is 0.786. The molecule has 0 unspecified atom stereocenters. The van der Waals surface area contributed by atoms with Crippen LogP contribution in [0.2, 0.25) is 0 Å². The van der Waals surface area contributed by atoms with Crippen molar-refractivity contribution in [2.24, 2.45) is 0 Å². The van der Waals surface area contributed by atoms with Crippen molar-refractivity contribution in [3.8, 4) is 0 Å². The van der Waals surface area contributed by atoms with Gasteiger partial charge in [0.2, 0.25) is 5.91 Å². The average Bonchev–Trinajstić information content (AvgIpc) is 2.29. The van der Waals surface area contributed by atoms with E-state index in [1.807, 2.05) is 6.92 Å². The van der Waals surface area contributed by atoms with Crippen LogP contribution in [0, 0.1) is 0 Å². The van der Waals surface area contributed by atoms with Gasteiger partial charge in [-0.2, -0.15) is 0 Å². The smallest absolute Gasteiger partial charge is 0.247 e. The number of carbonyl (C=O) groups excluding carboxylic acids is 1. The Bertz CT molecular complexity index is 308. The molecule has 0 aromatic rings. The molecule has 5 nitrogen and oxygen atoms in total. The van der Waals surface area contributed by atoms with Crippen LogP contribution in [0.25, 0.3) is 0 Å². The highest BCUT2D eigenvalue weighted by molar-refractivity contribution is 5.93. The summed E-state index contributed by atoms with van der Waals surface area (Å²) >= 11 is 0. The van der Waals surface area contributed by atoms with Gasteiger partial charge in [-0.05, 0) is 6.92 Å². The second-order valence-corrected chi connectivity index (χ2v) is 4.97. The Labute approximate surface area is 116 Å². The first-order valence-electron chi connectivity index (χ1n) is 6.71. The van der Waals surface area contributed by atoms with E-state index in [0.29, 0.717) is 24.7 Å². The number of nitrogens with zero attached hydrogens (tertiary/aromatic N) is 2. The Morgan fingerprint density at radius 2 is 1.95 bits per heavy atom. The molecule has 110 valence electrons. The number of amides is 1. The van der Waals surface area contributed by atoms with Crippen molar-refractivity contribution in [3.05, 3.63) is 12.2 Å². The summed E-state index contributed by atoms with van der Waals surface area (Å²) in [5, 5.41) is 2.79. The first-order chi connectivity index (χ1) is 8.70. The van der Waals surface area contributed by atoms with E-state index in [1.54, 1.807) is 0 Å². The quantitative estimate of drug-likeness (QED) is 0.731. The standard InChI is InChI=1S/C13H23N3O2.CH4/c1-3-14-13(17)11(2)8-15-4-6-16(7-5-15)12-9-18-10-12;/h12H,2-10H2,1H3,(H,14,17);1H4. The van der Waals surface area contributed by atoms with Crippen LogP contribution in [0.5, 0.6) is 0 Å². The van der Waals surface area contributed by atoms with Gasteiger partial charge in [0.05, 0.1) is 19.3 Å². The zero-order valence-electron chi connectivity index (χ0n) is 11.2. The first-order valence-corrected chi connectivity index (χ1v) is 6.71. The molecule has 0 radical (unpaired) electrons. The lowest BCUT2D eigenvalue weighted by atomic mass is 10.1. The highest BCUT2D eigenvalue weighted by Crippen LogP contribution is 2.13. The molecular weight excluding hydrogens is 242 g/mol. The third-order valence-electron chi connectivity index (χ3n) is 3.62. The highest BCUT2D eigenvalue weighted by atomic mass is 16.5. The lowest BCUT2D eigenvalue weighted by molar-refractivity contribution is -0.117. The number of ether oxygens (including phenoxy) is 1. The number of piperazine rings is 1. The van der Waals surface area contributed by atoms with Crippen LogP contribution in [0.4, 0.5) is 0 Å². The fourth-order valence-corrected chi connectivity index (χ4v) is 2.35. The molecule has 2 aliphatic heterocycles. The third-order valence-corrected chi connectivity index (χ3v) is 3.62. The lowest BCUT2D eigenvalue weighted by Crippen LogP contribution is -2.56. The van der Waals surface area contributed by atoms with Gasteiger partial charge in [0.15, 0.2) is 0 Å². The Kier molecular flexibility index (Phi) is 6.48. The number of likely N-dealkylation sites (N-methyl/N-ethyl adjacent to an activating group) is 1. The van der Waals surface area contributed by atoms with Gasteiger partial charge in [-0.3, -0.25) is 14.6 Å². The van der Waals surface area contributed by atoms with Crippen LogP contribution in [-0.2, 0) is 9.53 Å². The average molecular weight is 269 g/mol. The van der Waals surface area contributed by atoms with E-state index in [1.165, 1.54) is 0 Å². The molecular formula is C14H27N3O2. The highest BCUT2D eigenvalue weighted by Gasteiger charge is 2.29. The van der Waals surface area contributed by atoms with Gasteiger partial charge < -0.3 is 10.1 Å². The molecule has 5 heteroatoms. The number of carbonyl (C=O) groups is 1. The zero-order valence-corrected chi connectivity index (χ0v) is 11.2. The largest absolute Gasteiger partial charge is 0.378 e. The Morgan fingerprint density at radius 3 is 2.42 bits per heavy atom. The molecule has 2 heterocycles. The predicted octanol–water partition coefficient (Wildman–Crippen LogP) is 0.331. The molecule has 2 saturated heterocycles. The van der Waals surface area contributed by atoms with Crippen LogP contribution in [0.1, 0.15) is 14.4 Å². The molecule has 19 heavy (non-hydrogen) atoms. The molecule has 0 spiro atoms. The third kappa shape index (κ3) is 4.30. The van der Waals surface area contributed by atoms with E-state index in [-0.39, 0.29) is 13.3 Å². The van der Waals surface area contributed by atoms with Crippen LogP contribution < -0.4 is 5.32 Å². The maximum Gasteiger partial charge on any atom is 0.247 e. The Balaban J connectivity index is 0.00000180. The van der Waals surface area contributed by atoms with Gasteiger partial charge in [-0.1, -0.05) is 14.0 Å². The minimum Gasteiger partial charge on any atom is -0.378 e. The monoisotopic (exact) mass is 269 g/mol. The van der Waals surface area contributed by atoms with Gasteiger partial charge >= 0.3 is 0 Å². The van der Waals surface area contributed by atoms with Crippen molar-refractivity contribution in [2.75, 3.05) is 52.5 Å². The molecule has 0 aromatic heterocycles. The summed E-state index contributed by atoms with van der Waals surface area (Å²) in [5.74, 6) is -0.0210. The molecule has 1 N–H and O–H groups in total. The summed E-state index contributed by atoms with van der Waals surface area (Å²) in [6.45, 7) is 13.0. The van der Waals surface area contributed by atoms with Crippen molar-refractivity contribution >= 4 is 5.91 Å². The summed E-state index contributed by atoms with van der Waals surface area (Å²) in [7, 11) is 0. The van der Waals surface area contributed by atoms with Crippen molar-refractivity contribution in [1.82, 2.24) is 15.1 Å². The topological polar surface area (TPSA) is 44.8 Å². The number of hydrogen-bond donors (Lipinski definition) is 1. The van der Waals surface area contributed by atoms with E-state index in [4.69, 9.17) is 4.74 Å². The van der Waals surface area contributed by atoms with E-state index < -0.39 is 0 Å². The molecule has 2 rings (SSSR count). The van der Waals surface area contributed by atoms with E-state index >= 15 is 0 Å². The van der Waals surface area contributed by atoms with Crippen LogP contribution in [0.15, 0.2) is 12.2 Å². The van der Waals surface area contributed by atoms with Crippen LogP contribution >= 0.6 is 0 Å². The molecule has 0 bridgehead atoms. The Hall–Kier alpha value is -0.910. The lowest BCUT2D eigenvalue weighted by Gasteiger charge is -2.42. The van der Waals surface area contributed by atoms with Crippen molar-refractivity contribution in [2.45, 2.75) is 20.4 Å². The van der Waals surface area contributed by atoms with Crippen LogP contribution in [0.3, 0.4) is 0 Å². The second kappa shape index (κ2) is 7.62. The van der Waals surface area contributed by atoms with E-state index in [2.05, 4.69) is 21.7 Å². The summed E-state index contributed by atoms with van der Waals surface area (Å²) in [6, 6.07) is 0.624. The molecule has 0 aromatic carbocycles. The number of rotatable bonds is 5. The second-order valence-electron chi connectivity index (χ2n) is 4.97. The minimum atomic E-state index is -0.0210. The van der Waals surface area contributed by atoms with Gasteiger partial charge in [-0.15, -0.1) is 0 Å². The van der Waals surface area contributed by atoms with Gasteiger partial charge in [0, 0.05) is 44.8 Å². The van der Waals surface area contributed by atoms with Crippen molar-refractivity contribution < 1.29 is 9.53 Å². The van der Waals surface area contributed by atoms with Crippen molar-refractivity contribution in [1.29, 1.82) is 0 Å². The predicted molar refractivity (Wildman–Crippen MR) is 77.2 cm³/mol. The fourth-order valence-electron chi connectivity index (χ4n) is 2.35. The summed E-state index contributed by atoms with van der Waals surface area (Å²) in [6.07, 6.45) is 0. The number of nitrogens with one attached hydrogen (secondary N) is 1. The molecule has 2 aliphatic rings. The van der Waals surface area contributed by atoms with E-state index in [9.17, 15) is 4.79 Å². The summed E-state index contributed by atoms with van der Waals surface area (Å²) in [5.41, 5.74) is 0.664. The first kappa shape index (κ1) is 16.1. The zero-order chi connectivity index (χ0) is 13.0. The Morgan fingerprint density at radius 1 is 1.32 bits per heavy atom. The summed E-state index contributed by atoms with van der Waals surface area (Å²) in [4.78, 5) is 16.4. The molecule has 0 aliphatic carbocycles. The normalized spacial score (nSPS) is 21.3. The van der Waals surface area contributed by atoms with Gasteiger partial charge in [-0.25, -0.2) is 0 Å². The SMILES string of the molecule is C.C=C(CN1CCN(C2COC2)CC1)C(=O)NCC.